The third-order valence-electron chi connectivity index (χ3n) is 3.07. The van der Waals surface area contributed by atoms with Gasteiger partial charge >= 0.3 is 0 Å². The Balaban J connectivity index is 2.10. The highest BCUT2D eigenvalue weighted by Gasteiger charge is 2.11. The van der Waals surface area contributed by atoms with Crippen LogP contribution < -0.4 is 11.5 Å². The van der Waals surface area contributed by atoms with Crippen molar-refractivity contribution in [1.82, 2.24) is 4.98 Å². The van der Waals surface area contributed by atoms with E-state index in [0.29, 0.717) is 33.7 Å². The van der Waals surface area contributed by atoms with Crippen molar-refractivity contribution >= 4 is 22.9 Å². The van der Waals surface area contributed by atoms with Gasteiger partial charge in [0.05, 0.1) is 0 Å². The number of aromatic nitrogens is 1. The van der Waals surface area contributed by atoms with E-state index in [9.17, 15) is 9.59 Å². The molecule has 1 aromatic heterocycles. The van der Waals surface area contributed by atoms with E-state index in [0.717, 1.165) is 0 Å². The number of oxazole rings is 1. The Labute approximate surface area is 119 Å². The summed E-state index contributed by atoms with van der Waals surface area (Å²) >= 11 is 0. The molecule has 0 atom stereocenters. The molecule has 0 radical (unpaired) electrons. The van der Waals surface area contributed by atoms with E-state index in [2.05, 4.69) is 4.98 Å². The van der Waals surface area contributed by atoms with Crippen LogP contribution in [0.15, 0.2) is 46.9 Å². The molecule has 0 fully saturated rings. The highest BCUT2D eigenvalue weighted by molar-refractivity contribution is 5.96. The molecule has 21 heavy (non-hydrogen) atoms. The first-order valence-corrected chi connectivity index (χ1v) is 6.15. The lowest BCUT2D eigenvalue weighted by Gasteiger charge is -1.98. The molecule has 0 aliphatic rings. The summed E-state index contributed by atoms with van der Waals surface area (Å²) in [5.74, 6) is -0.712. The number of rotatable bonds is 3. The number of carbonyl (C=O) groups is 2. The third kappa shape index (κ3) is 2.34. The van der Waals surface area contributed by atoms with Gasteiger partial charge in [-0.3, -0.25) is 9.59 Å². The third-order valence-corrected chi connectivity index (χ3v) is 3.07. The van der Waals surface area contributed by atoms with Crippen LogP contribution in [0.1, 0.15) is 20.7 Å². The number of nitrogens with two attached hydrogens (primary N) is 2. The molecular formula is C15H11N3O3. The number of hydrogen-bond donors (Lipinski definition) is 2. The standard InChI is InChI=1S/C15H11N3O3/c16-13(19)8-2-1-3-10(6-8)15-18-11-7-9(14(17)20)4-5-12(11)21-15/h1-7H,(H2,16,19)(H2,17,20). The molecule has 2 amide bonds. The lowest BCUT2D eigenvalue weighted by molar-refractivity contribution is 0.0992. The van der Waals surface area contributed by atoms with E-state index in [1.165, 1.54) is 0 Å². The Morgan fingerprint density at radius 3 is 2.38 bits per heavy atom. The zero-order valence-corrected chi connectivity index (χ0v) is 10.9. The van der Waals surface area contributed by atoms with Crippen molar-refractivity contribution < 1.29 is 14.0 Å². The molecule has 2 aromatic carbocycles. The number of amides is 2. The molecule has 0 spiro atoms. The second-order valence-corrected chi connectivity index (χ2v) is 4.51. The predicted molar refractivity (Wildman–Crippen MR) is 76.5 cm³/mol. The number of hydrogen-bond acceptors (Lipinski definition) is 4. The fourth-order valence-corrected chi connectivity index (χ4v) is 2.01. The Hall–Kier alpha value is -3.15. The summed E-state index contributed by atoms with van der Waals surface area (Å²) in [6.07, 6.45) is 0. The summed E-state index contributed by atoms with van der Waals surface area (Å²) < 4.78 is 5.61. The first-order chi connectivity index (χ1) is 10.0. The molecule has 0 aliphatic heterocycles. The van der Waals surface area contributed by atoms with Crippen LogP contribution in [0.25, 0.3) is 22.6 Å². The number of benzene rings is 2. The van der Waals surface area contributed by atoms with Crippen LogP contribution in [-0.2, 0) is 0 Å². The molecule has 0 saturated carbocycles. The van der Waals surface area contributed by atoms with E-state index < -0.39 is 11.8 Å². The van der Waals surface area contributed by atoms with Crippen molar-refractivity contribution in [3.05, 3.63) is 53.6 Å². The average molecular weight is 281 g/mol. The van der Waals surface area contributed by atoms with Crippen LogP contribution in [0.3, 0.4) is 0 Å². The fraction of sp³-hybridized carbons (Fsp3) is 0. The van der Waals surface area contributed by atoms with Gasteiger partial charge in [-0.25, -0.2) is 4.98 Å². The first kappa shape index (κ1) is 12.9. The fourth-order valence-electron chi connectivity index (χ4n) is 2.01. The maximum absolute atomic E-state index is 11.2. The van der Waals surface area contributed by atoms with Crippen molar-refractivity contribution in [2.75, 3.05) is 0 Å². The minimum absolute atomic E-state index is 0.342. The van der Waals surface area contributed by atoms with Gasteiger partial charge in [0.15, 0.2) is 5.58 Å². The topological polar surface area (TPSA) is 112 Å². The maximum atomic E-state index is 11.2. The molecule has 0 unspecified atom stereocenters. The Bertz CT molecular complexity index is 867. The summed E-state index contributed by atoms with van der Waals surface area (Å²) in [4.78, 5) is 26.6. The molecule has 4 N–H and O–H groups in total. The molecule has 0 aliphatic carbocycles. The molecule has 0 saturated heterocycles. The second kappa shape index (κ2) is 4.75. The van der Waals surface area contributed by atoms with Gasteiger partial charge in [0.25, 0.3) is 0 Å². The van der Waals surface area contributed by atoms with Gasteiger partial charge in [-0.1, -0.05) is 6.07 Å². The van der Waals surface area contributed by atoms with Gasteiger partial charge in [0.2, 0.25) is 17.7 Å². The number of fused-ring (bicyclic) bond motifs is 1. The number of carbonyl (C=O) groups excluding carboxylic acids is 2. The van der Waals surface area contributed by atoms with E-state index in [-0.39, 0.29) is 0 Å². The number of nitrogens with zero attached hydrogens (tertiary/aromatic N) is 1. The van der Waals surface area contributed by atoms with Crippen molar-refractivity contribution in [2.45, 2.75) is 0 Å². The van der Waals surface area contributed by atoms with Crippen molar-refractivity contribution in [3.63, 3.8) is 0 Å². The monoisotopic (exact) mass is 281 g/mol. The molecule has 1 heterocycles. The van der Waals surface area contributed by atoms with Gasteiger partial charge < -0.3 is 15.9 Å². The predicted octanol–water partition coefficient (Wildman–Crippen LogP) is 1.69. The zero-order chi connectivity index (χ0) is 15.0. The molecule has 6 nitrogen and oxygen atoms in total. The smallest absolute Gasteiger partial charge is 0.248 e. The molecule has 0 bridgehead atoms. The highest BCUT2D eigenvalue weighted by Crippen LogP contribution is 2.25. The quantitative estimate of drug-likeness (QED) is 0.760. The summed E-state index contributed by atoms with van der Waals surface area (Å²) in [6, 6.07) is 11.4. The summed E-state index contributed by atoms with van der Waals surface area (Å²) in [5, 5.41) is 0. The van der Waals surface area contributed by atoms with Crippen molar-refractivity contribution in [1.29, 1.82) is 0 Å². The molecule has 6 heteroatoms. The Morgan fingerprint density at radius 2 is 1.67 bits per heavy atom. The average Bonchev–Trinajstić information content (AvgIpc) is 2.90. The molecular weight excluding hydrogens is 270 g/mol. The summed E-state index contributed by atoms with van der Waals surface area (Å²) in [7, 11) is 0. The summed E-state index contributed by atoms with van der Waals surface area (Å²) in [6.45, 7) is 0. The van der Waals surface area contributed by atoms with Crippen LogP contribution in [0.5, 0.6) is 0 Å². The van der Waals surface area contributed by atoms with E-state index in [1.807, 2.05) is 0 Å². The van der Waals surface area contributed by atoms with Gasteiger partial charge in [-0.05, 0) is 36.4 Å². The largest absolute Gasteiger partial charge is 0.436 e. The van der Waals surface area contributed by atoms with E-state index in [1.54, 1.807) is 42.5 Å². The van der Waals surface area contributed by atoms with Crippen LogP contribution in [0, 0.1) is 0 Å². The van der Waals surface area contributed by atoms with Gasteiger partial charge in [0.1, 0.15) is 5.52 Å². The van der Waals surface area contributed by atoms with Crippen LogP contribution in [0.2, 0.25) is 0 Å². The van der Waals surface area contributed by atoms with Crippen LogP contribution in [0.4, 0.5) is 0 Å². The van der Waals surface area contributed by atoms with Crippen molar-refractivity contribution in [3.8, 4) is 11.5 Å². The Morgan fingerprint density at radius 1 is 0.952 bits per heavy atom. The molecule has 104 valence electrons. The van der Waals surface area contributed by atoms with E-state index in [4.69, 9.17) is 15.9 Å². The van der Waals surface area contributed by atoms with Gasteiger partial charge in [0, 0.05) is 16.7 Å². The lowest BCUT2D eigenvalue weighted by atomic mass is 10.1. The maximum Gasteiger partial charge on any atom is 0.248 e. The van der Waals surface area contributed by atoms with Crippen LogP contribution in [-0.4, -0.2) is 16.8 Å². The molecule has 3 rings (SSSR count). The van der Waals surface area contributed by atoms with Gasteiger partial charge in [-0.2, -0.15) is 0 Å². The van der Waals surface area contributed by atoms with Gasteiger partial charge in [-0.15, -0.1) is 0 Å². The van der Waals surface area contributed by atoms with E-state index >= 15 is 0 Å². The normalized spacial score (nSPS) is 10.7. The zero-order valence-electron chi connectivity index (χ0n) is 10.9. The second-order valence-electron chi connectivity index (χ2n) is 4.51. The first-order valence-electron chi connectivity index (χ1n) is 6.15. The minimum Gasteiger partial charge on any atom is -0.436 e. The summed E-state index contributed by atoms with van der Waals surface area (Å²) in [5.41, 5.74) is 12.9. The lowest BCUT2D eigenvalue weighted by Crippen LogP contribution is -2.10. The SMILES string of the molecule is NC(=O)c1cccc(-c2nc3cc(C(N)=O)ccc3o2)c1. The highest BCUT2D eigenvalue weighted by atomic mass is 16.3. The van der Waals surface area contributed by atoms with Crippen molar-refractivity contribution in [2.24, 2.45) is 11.5 Å². The van der Waals surface area contributed by atoms with Crippen LogP contribution >= 0.6 is 0 Å². The Kier molecular flexibility index (Phi) is 2.91. The number of primary amides is 2. The molecule has 3 aromatic rings. The minimum atomic E-state index is -0.530.